The summed E-state index contributed by atoms with van der Waals surface area (Å²) in [6.07, 6.45) is 3.28. The molecule has 1 aromatic carbocycles. The first-order chi connectivity index (χ1) is 11.0. The second-order valence-electron chi connectivity index (χ2n) is 5.91. The van der Waals surface area contributed by atoms with Crippen LogP contribution in [0.2, 0.25) is 5.02 Å². The predicted molar refractivity (Wildman–Crippen MR) is 84.6 cm³/mol. The predicted octanol–water partition coefficient (Wildman–Crippen LogP) is 2.46. The van der Waals surface area contributed by atoms with E-state index in [-0.39, 0.29) is 6.42 Å². The van der Waals surface area contributed by atoms with Crippen LogP contribution in [0.4, 0.5) is 0 Å². The van der Waals surface area contributed by atoms with Gasteiger partial charge in [-0.15, -0.1) is 5.10 Å². The van der Waals surface area contributed by atoms with Crippen molar-refractivity contribution in [3.05, 3.63) is 46.2 Å². The molecule has 0 amide bonds. The molecule has 0 bridgehead atoms. The third-order valence-corrected chi connectivity index (χ3v) is 4.42. The second-order valence-corrected chi connectivity index (χ2v) is 6.34. The van der Waals surface area contributed by atoms with Gasteiger partial charge < -0.3 is 9.84 Å². The lowest BCUT2D eigenvalue weighted by atomic mass is 9.95. The summed E-state index contributed by atoms with van der Waals surface area (Å²) in [7, 11) is 0. The summed E-state index contributed by atoms with van der Waals surface area (Å²) in [6.45, 7) is 3.03. The van der Waals surface area contributed by atoms with E-state index in [0.29, 0.717) is 30.3 Å². The van der Waals surface area contributed by atoms with Crippen molar-refractivity contribution in [1.82, 2.24) is 15.0 Å². The number of carbonyl (C=O) groups is 1. The zero-order valence-corrected chi connectivity index (χ0v) is 13.6. The van der Waals surface area contributed by atoms with Crippen molar-refractivity contribution in [3.63, 3.8) is 0 Å². The van der Waals surface area contributed by atoms with E-state index in [4.69, 9.17) is 16.3 Å². The molecular formula is C16H18ClN3O3. The second kappa shape index (κ2) is 6.29. The molecule has 2 heterocycles. The van der Waals surface area contributed by atoms with E-state index in [2.05, 4.69) is 10.3 Å². The van der Waals surface area contributed by atoms with Gasteiger partial charge in [0.05, 0.1) is 12.2 Å². The molecule has 1 fully saturated rings. The largest absolute Gasteiger partial charge is 0.479 e. The number of carboxylic acid groups (broad SMARTS) is 1. The van der Waals surface area contributed by atoms with Crippen LogP contribution >= 0.6 is 11.6 Å². The molecule has 1 atom stereocenters. The van der Waals surface area contributed by atoms with Crippen molar-refractivity contribution in [2.45, 2.75) is 38.3 Å². The van der Waals surface area contributed by atoms with Gasteiger partial charge >= 0.3 is 5.97 Å². The van der Waals surface area contributed by atoms with E-state index in [1.54, 1.807) is 10.9 Å². The van der Waals surface area contributed by atoms with Crippen molar-refractivity contribution < 1.29 is 14.6 Å². The van der Waals surface area contributed by atoms with Crippen molar-refractivity contribution in [3.8, 4) is 0 Å². The van der Waals surface area contributed by atoms with Gasteiger partial charge in [-0.3, -0.25) is 0 Å². The van der Waals surface area contributed by atoms with Gasteiger partial charge in [-0.25, -0.2) is 9.48 Å². The zero-order chi connectivity index (χ0) is 16.4. The van der Waals surface area contributed by atoms with Gasteiger partial charge in [-0.1, -0.05) is 22.9 Å². The smallest absolute Gasteiger partial charge is 0.336 e. The van der Waals surface area contributed by atoms with E-state index in [1.165, 1.54) is 0 Å². The number of rotatable bonds is 5. The average Bonchev–Trinajstić information content (AvgIpc) is 3.13. The van der Waals surface area contributed by atoms with Gasteiger partial charge in [0.2, 0.25) is 0 Å². The standard InChI is InChI=1S/C16H18ClN3O3/c1-11-7-13(17)4-3-12(11)9-20-10-14(18-19-20)8-16(15(21)22)5-2-6-23-16/h3-4,7,10H,2,5-6,8-9H2,1H3,(H,21,22). The number of hydrogen-bond acceptors (Lipinski definition) is 4. The molecule has 122 valence electrons. The lowest BCUT2D eigenvalue weighted by Crippen LogP contribution is -2.40. The highest BCUT2D eigenvalue weighted by Gasteiger charge is 2.43. The minimum atomic E-state index is -1.16. The Labute approximate surface area is 139 Å². The molecule has 1 saturated heterocycles. The molecule has 1 aliphatic rings. The van der Waals surface area contributed by atoms with E-state index >= 15 is 0 Å². The minimum absolute atomic E-state index is 0.238. The molecule has 6 nitrogen and oxygen atoms in total. The lowest BCUT2D eigenvalue weighted by molar-refractivity contribution is -0.160. The lowest BCUT2D eigenvalue weighted by Gasteiger charge is -2.21. The first-order valence-corrected chi connectivity index (χ1v) is 7.88. The Morgan fingerprint density at radius 1 is 1.52 bits per heavy atom. The van der Waals surface area contributed by atoms with Crippen LogP contribution in [0.3, 0.4) is 0 Å². The highest BCUT2D eigenvalue weighted by Crippen LogP contribution is 2.29. The number of benzene rings is 1. The van der Waals surface area contributed by atoms with Crippen molar-refractivity contribution in [1.29, 1.82) is 0 Å². The number of aliphatic carboxylic acids is 1. The monoisotopic (exact) mass is 335 g/mol. The fraction of sp³-hybridized carbons (Fsp3) is 0.438. The van der Waals surface area contributed by atoms with Gasteiger partial charge in [-0.2, -0.15) is 0 Å². The molecule has 7 heteroatoms. The summed E-state index contributed by atoms with van der Waals surface area (Å²) in [5, 5.41) is 18.3. The molecular weight excluding hydrogens is 318 g/mol. The maximum Gasteiger partial charge on any atom is 0.336 e. The van der Waals surface area contributed by atoms with Crippen molar-refractivity contribution in [2.75, 3.05) is 6.61 Å². The molecule has 23 heavy (non-hydrogen) atoms. The van der Waals surface area contributed by atoms with Crippen LogP contribution in [0, 0.1) is 6.92 Å². The summed E-state index contributed by atoms with van der Waals surface area (Å²) in [4.78, 5) is 11.5. The number of hydrogen-bond donors (Lipinski definition) is 1. The number of aryl methyl sites for hydroxylation is 1. The Morgan fingerprint density at radius 3 is 3.00 bits per heavy atom. The summed E-state index contributed by atoms with van der Waals surface area (Å²) in [5.41, 5.74) is 1.64. The molecule has 1 aromatic heterocycles. The van der Waals surface area contributed by atoms with E-state index in [1.807, 2.05) is 25.1 Å². The molecule has 0 radical (unpaired) electrons. The summed E-state index contributed by atoms with van der Waals surface area (Å²) >= 11 is 5.96. The van der Waals surface area contributed by atoms with Crippen LogP contribution in [-0.4, -0.2) is 38.3 Å². The van der Waals surface area contributed by atoms with Gasteiger partial charge in [0.15, 0.2) is 5.60 Å². The van der Waals surface area contributed by atoms with Crippen molar-refractivity contribution in [2.24, 2.45) is 0 Å². The van der Waals surface area contributed by atoms with Crippen LogP contribution in [0.15, 0.2) is 24.4 Å². The van der Waals surface area contributed by atoms with Crippen LogP contribution in [-0.2, 0) is 22.5 Å². The average molecular weight is 336 g/mol. The first kappa shape index (κ1) is 16.0. The van der Waals surface area contributed by atoms with Gasteiger partial charge in [-0.05, 0) is 43.0 Å². The minimum Gasteiger partial charge on any atom is -0.479 e. The fourth-order valence-corrected chi connectivity index (χ4v) is 3.11. The molecule has 0 aliphatic carbocycles. The number of halogens is 1. The van der Waals surface area contributed by atoms with Crippen LogP contribution < -0.4 is 0 Å². The van der Waals surface area contributed by atoms with Crippen molar-refractivity contribution >= 4 is 17.6 Å². The van der Waals surface area contributed by atoms with Gasteiger partial charge in [0, 0.05) is 24.2 Å². The third-order valence-electron chi connectivity index (χ3n) is 4.18. The van der Waals surface area contributed by atoms with E-state index in [0.717, 1.165) is 17.5 Å². The van der Waals surface area contributed by atoms with Crippen LogP contribution in [0.25, 0.3) is 0 Å². The zero-order valence-electron chi connectivity index (χ0n) is 12.8. The topological polar surface area (TPSA) is 77.2 Å². The molecule has 1 unspecified atom stereocenters. The highest BCUT2D eigenvalue weighted by atomic mass is 35.5. The number of ether oxygens (including phenoxy) is 1. The number of nitrogens with zero attached hydrogens (tertiary/aromatic N) is 3. The Bertz CT molecular complexity index is 723. The van der Waals surface area contributed by atoms with Gasteiger partial charge in [0.1, 0.15) is 0 Å². The van der Waals surface area contributed by atoms with Crippen LogP contribution in [0.1, 0.15) is 29.7 Å². The normalized spacial score (nSPS) is 20.8. The summed E-state index contributed by atoms with van der Waals surface area (Å²) in [6, 6.07) is 5.70. The van der Waals surface area contributed by atoms with E-state index in [9.17, 15) is 9.90 Å². The summed E-state index contributed by atoms with van der Waals surface area (Å²) < 4.78 is 7.18. The Morgan fingerprint density at radius 2 is 2.35 bits per heavy atom. The third kappa shape index (κ3) is 3.38. The van der Waals surface area contributed by atoms with E-state index < -0.39 is 11.6 Å². The first-order valence-electron chi connectivity index (χ1n) is 7.50. The number of carboxylic acids is 1. The molecule has 0 saturated carbocycles. The maximum absolute atomic E-state index is 11.5. The SMILES string of the molecule is Cc1cc(Cl)ccc1Cn1cc(CC2(C(=O)O)CCCO2)nn1. The maximum atomic E-state index is 11.5. The van der Waals surface area contributed by atoms with Gasteiger partial charge in [0.25, 0.3) is 0 Å². The fourth-order valence-electron chi connectivity index (χ4n) is 2.88. The molecule has 3 rings (SSSR count). The number of aromatic nitrogens is 3. The molecule has 1 aliphatic heterocycles. The Hall–Kier alpha value is -1.92. The Balaban J connectivity index is 1.74. The Kier molecular flexibility index (Phi) is 4.37. The summed E-state index contributed by atoms with van der Waals surface area (Å²) in [5.74, 6) is -0.932. The van der Waals surface area contributed by atoms with Crippen LogP contribution in [0.5, 0.6) is 0 Å². The molecule has 1 N–H and O–H groups in total. The molecule has 0 spiro atoms. The highest BCUT2D eigenvalue weighted by molar-refractivity contribution is 6.30. The molecule has 2 aromatic rings. The quantitative estimate of drug-likeness (QED) is 0.908.